The predicted octanol–water partition coefficient (Wildman–Crippen LogP) is 3.19. The third-order valence-electron chi connectivity index (χ3n) is 4.86. The standard InChI is InChI=1S/C19H27ClN6.HI/c1-21-19(22-13-17-8-9-24-25(17)2)23-14-18(26-10-3-4-11-26)15-6-5-7-16(20)12-15;/h5-9,12,18H,3-4,10-11,13-14H2,1-2H3,(H2,21,22,23);1H. The molecular formula is C19H28ClIN6. The van der Waals surface area contributed by atoms with E-state index in [-0.39, 0.29) is 30.0 Å². The van der Waals surface area contributed by atoms with E-state index < -0.39 is 0 Å². The summed E-state index contributed by atoms with van der Waals surface area (Å²) in [5.74, 6) is 0.789. The van der Waals surface area contributed by atoms with E-state index in [4.69, 9.17) is 11.6 Å². The number of guanidine groups is 1. The number of benzene rings is 1. The van der Waals surface area contributed by atoms with Gasteiger partial charge in [-0.25, -0.2) is 0 Å². The van der Waals surface area contributed by atoms with Gasteiger partial charge in [-0.2, -0.15) is 5.10 Å². The van der Waals surface area contributed by atoms with Gasteiger partial charge in [-0.05, 0) is 49.7 Å². The lowest BCUT2D eigenvalue weighted by Gasteiger charge is -2.29. The largest absolute Gasteiger partial charge is 0.354 e. The number of aliphatic imine (C=N–C) groups is 1. The number of aryl methyl sites for hydroxylation is 1. The van der Waals surface area contributed by atoms with Gasteiger partial charge in [0.15, 0.2) is 5.96 Å². The van der Waals surface area contributed by atoms with Gasteiger partial charge in [0.1, 0.15) is 0 Å². The summed E-state index contributed by atoms with van der Waals surface area (Å²) in [6, 6.07) is 10.5. The number of rotatable bonds is 6. The second kappa shape index (κ2) is 10.9. The fourth-order valence-corrected chi connectivity index (χ4v) is 3.59. The monoisotopic (exact) mass is 502 g/mol. The Morgan fingerprint density at radius 1 is 1.26 bits per heavy atom. The highest BCUT2D eigenvalue weighted by Crippen LogP contribution is 2.26. The van der Waals surface area contributed by atoms with Crippen LogP contribution >= 0.6 is 35.6 Å². The van der Waals surface area contributed by atoms with Gasteiger partial charge in [0.05, 0.1) is 18.3 Å². The van der Waals surface area contributed by atoms with E-state index in [1.807, 2.05) is 29.9 Å². The first-order chi connectivity index (χ1) is 12.7. The molecule has 27 heavy (non-hydrogen) atoms. The van der Waals surface area contributed by atoms with Gasteiger partial charge in [0, 0.05) is 31.9 Å². The van der Waals surface area contributed by atoms with Gasteiger partial charge in [0.2, 0.25) is 0 Å². The first-order valence-electron chi connectivity index (χ1n) is 9.08. The number of hydrogen-bond acceptors (Lipinski definition) is 3. The summed E-state index contributed by atoms with van der Waals surface area (Å²) in [5, 5.41) is 11.8. The van der Waals surface area contributed by atoms with Crippen LogP contribution in [0.15, 0.2) is 41.5 Å². The van der Waals surface area contributed by atoms with Crippen molar-refractivity contribution in [3.05, 3.63) is 52.8 Å². The number of hydrogen-bond donors (Lipinski definition) is 2. The van der Waals surface area contributed by atoms with Gasteiger partial charge >= 0.3 is 0 Å². The van der Waals surface area contributed by atoms with Crippen molar-refractivity contribution in [3.63, 3.8) is 0 Å². The van der Waals surface area contributed by atoms with E-state index in [1.54, 1.807) is 13.2 Å². The molecule has 1 aliphatic heterocycles. The summed E-state index contributed by atoms with van der Waals surface area (Å²) >= 11 is 6.22. The molecule has 1 aromatic heterocycles. The summed E-state index contributed by atoms with van der Waals surface area (Å²) in [5.41, 5.74) is 2.35. The second-order valence-electron chi connectivity index (χ2n) is 6.57. The van der Waals surface area contributed by atoms with Crippen molar-refractivity contribution in [1.29, 1.82) is 0 Å². The Balaban J connectivity index is 0.00000261. The molecule has 0 amide bonds. The molecule has 1 aromatic carbocycles. The lowest BCUT2D eigenvalue weighted by atomic mass is 10.1. The number of nitrogens with one attached hydrogen (secondary N) is 2. The molecule has 1 saturated heterocycles. The van der Waals surface area contributed by atoms with E-state index in [2.05, 4.69) is 37.8 Å². The first kappa shape index (κ1) is 22.0. The Bertz CT molecular complexity index is 741. The SMILES string of the molecule is CN=C(NCc1ccnn1C)NCC(c1cccc(Cl)c1)N1CCCC1.I. The molecular weight excluding hydrogens is 475 g/mol. The van der Waals surface area contributed by atoms with Crippen LogP contribution in [0.3, 0.4) is 0 Å². The maximum absolute atomic E-state index is 6.22. The summed E-state index contributed by atoms with van der Waals surface area (Å²) in [4.78, 5) is 6.87. The molecule has 3 rings (SSSR count). The highest BCUT2D eigenvalue weighted by atomic mass is 127. The molecule has 2 aromatic rings. The molecule has 1 unspecified atom stereocenters. The summed E-state index contributed by atoms with van der Waals surface area (Å²) < 4.78 is 1.86. The van der Waals surface area contributed by atoms with Crippen molar-refractivity contribution in [2.75, 3.05) is 26.7 Å². The van der Waals surface area contributed by atoms with Crippen molar-refractivity contribution in [1.82, 2.24) is 25.3 Å². The fourth-order valence-electron chi connectivity index (χ4n) is 3.39. The van der Waals surface area contributed by atoms with E-state index in [1.165, 1.54) is 18.4 Å². The number of likely N-dealkylation sites (tertiary alicyclic amines) is 1. The van der Waals surface area contributed by atoms with Crippen LogP contribution in [0.4, 0.5) is 0 Å². The van der Waals surface area contributed by atoms with E-state index in [0.29, 0.717) is 6.54 Å². The lowest BCUT2D eigenvalue weighted by molar-refractivity contribution is 0.245. The zero-order valence-electron chi connectivity index (χ0n) is 15.9. The summed E-state index contributed by atoms with van der Waals surface area (Å²) in [7, 11) is 3.73. The summed E-state index contributed by atoms with van der Waals surface area (Å²) in [6.07, 6.45) is 4.31. The third-order valence-corrected chi connectivity index (χ3v) is 5.10. The lowest BCUT2D eigenvalue weighted by Crippen LogP contribution is -2.42. The van der Waals surface area contributed by atoms with Crippen LogP contribution in [-0.4, -0.2) is 47.3 Å². The highest BCUT2D eigenvalue weighted by molar-refractivity contribution is 14.0. The first-order valence-corrected chi connectivity index (χ1v) is 9.46. The molecule has 2 heterocycles. The van der Waals surface area contributed by atoms with Crippen molar-refractivity contribution in [2.45, 2.75) is 25.4 Å². The van der Waals surface area contributed by atoms with Crippen LogP contribution in [0.2, 0.25) is 5.02 Å². The van der Waals surface area contributed by atoms with Crippen molar-refractivity contribution >= 4 is 41.5 Å². The Hall–Kier alpha value is -1.32. The van der Waals surface area contributed by atoms with Crippen LogP contribution < -0.4 is 10.6 Å². The zero-order valence-corrected chi connectivity index (χ0v) is 18.9. The molecule has 1 aliphatic rings. The zero-order chi connectivity index (χ0) is 18.4. The molecule has 0 bridgehead atoms. The predicted molar refractivity (Wildman–Crippen MR) is 122 cm³/mol. The fraction of sp³-hybridized carbons (Fsp3) is 0.474. The molecule has 0 spiro atoms. The van der Waals surface area contributed by atoms with Gasteiger partial charge in [-0.1, -0.05) is 23.7 Å². The Kier molecular flexibility index (Phi) is 8.85. The number of nitrogens with zero attached hydrogens (tertiary/aromatic N) is 4. The van der Waals surface area contributed by atoms with E-state index >= 15 is 0 Å². The molecule has 148 valence electrons. The van der Waals surface area contributed by atoms with Crippen LogP contribution in [0.5, 0.6) is 0 Å². The minimum atomic E-state index is 0. The molecule has 8 heteroatoms. The van der Waals surface area contributed by atoms with Gasteiger partial charge in [-0.15, -0.1) is 24.0 Å². The third kappa shape index (κ3) is 6.08. The minimum Gasteiger partial charge on any atom is -0.354 e. The topological polar surface area (TPSA) is 57.5 Å². The van der Waals surface area contributed by atoms with Crippen LogP contribution in [0.25, 0.3) is 0 Å². The Morgan fingerprint density at radius 3 is 2.67 bits per heavy atom. The van der Waals surface area contributed by atoms with Crippen LogP contribution in [0, 0.1) is 0 Å². The molecule has 2 N–H and O–H groups in total. The molecule has 1 fully saturated rings. The average molecular weight is 503 g/mol. The van der Waals surface area contributed by atoms with Crippen LogP contribution in [0.1, 0.15) is 30.1 Å². The smallest absolute Gasteiger partial charge is 0.191 e. The molecule has 0 aliphatic carbocycles. The summed E-state index contributed by atoms with van der Waals surface area (Å²) in [6.45, 7) is 3.72. The van der Waals surface area contributed by atoms with Gasteiger partial charge in [0.25, 0.3) is 0 Å². The Morgan fingerprint density at radius 2 is 2.04 bits per heavy atom. The van der Waals surface area contributed by atoms with Crippen LogP contribution in [-0.2, 0) is 13.6 Å². The maximum Gasteiger partial charge on any atom is 0.191 e. The maximum atomic E-state index is 6.22. The number of aromatic nitrogens is 2. The molecule has 0 radical (unpaired) electrons. The van der Waals surface area contributed by atoms with E-state index in [9.17, 15) is 0 Å². The normalized spacial score (nSPS) is 16.0. The van der Waals surface area contributed by atoms with Gasteiger partial charge < -0.3 is 10.6 Å². The average Bonchev–Trinajstić information content (AvgIpc) is 3.30. The quantitative estimate of drug-likeness (QED) is 0.362. The highest BCUT2D eigenvalue weighted by Gasteiger charge is 2.23. The molecule has 6 nitrogen and oxygen atoms in total. The van der Waals surface area contributed by atoms with Crippen molar-refractivity contribution < 1.29 is 0 Å². The molecule has 1 atom stereocenters. The second-order valence-corrected chi connectivity index (χ2v) is 7.00. The van der Waals surface area contributed by atoms with Gasteiger partial charge in [-0.3, -0.25) is 14.6 Å². The Labute approximate surface area is 183 Å². The number of halogens is 2. The minimum absolute atomic E-state index is 0. The van der Waals surface area contributed by atoms with Crippen molar-refractivity contribution in [2.24, 2.45) is 12.0 Å². The van der Waals surface area contributed by atoms with Crippen molar-refractivity contribution in [3.8, 4) is 0 Å². The molecule has 0 saturated carbocycles. The van der Waals surface area contributed by atoms with E-state index in [0.717, 1.165) is 36.3 Å².